The van der Waals surface area contributed by atoms with Gasteiger partial charge in [-0.2, -0.15) is 0 Å². The van der Waals surface area contributed by atoms with E-state index >= 15 is 0 Å². The monoisotopic (exact) mass is 376 g/mol. The van der Waals surface area contributed by atoms with Gasteiger partial charge in [-0.25, -0.2) is 4.39 Å². The number of hydrogen-bond donors (Lipinski definition) is 2. The van der Waals surface area contributed by atoms with Gasteiger partial charge in [-0.15, -0.1) is 0 Å². The van der Waals surface area contributed by atoms with E-state index in [4.69, 9.17) is 16.3 Å². The van der Waals surface area contributed by atoms with Gasteiger partial charge in [0.2, 0.25) is 5.91 Å². The summed E-state index contributed by atoms with van der Waals surface area (Å²) in [6.07, 6.45) is 1.84. The van der Waals surface area contributed by atoms with Crippen LogP contribution < -0.4 is 15.4 Å². The second-order valence-corrected chi connectivity index (χ2v) is 6.61. The van der Waals surface area contributed by atoms with E-state index in [1.807, 2.05) is 13.0 Å². The van der Waals surface area contributed by atoms with E-state index in [0.717, 1.165) is 24.5 Å². The zero-order chi connectivity index (χ0) is 18.7. The van der Waals surface area contributed by atoms with E-state index in [1.54, 1.807) is 12.1 Å². The Kier molecular flexibility index (Phi) is 5.42. The zero-order valence-electron chi connectivity index (χ0n) is 14.1. The highest BCUT2D eigenvalue weighted by Crippen LogP contribution is 2.31. The van der Waals surface area contributed by atoms with Gasteiger partial charge in [0.05, 0.1) is 5.02 Å². The third kappa shape index (κ3) is 4.73. The maximum absolute atomic E-state index is 13.0. The smallest absolute Gasteiger partial charge is 0.262 e. The predicted molar refractivity (Wildman–Crippen MR) is 98.1 cm³/mol. The summed E-state index contributed by atoms with van der Waals surface area (Å²) < 4.78 is 18.3. The van der Waals surface area contributed by atoms with Crippen molar-refractivity contribution < 1.29 is 18.7 Å². The Morgan fingerprint density at radius 3 is 2.65 bits per heavy atom. The lowest BCUT2D eigenvalue weighted by molar-refractivity contribution is -0.118. The molecule has 0 aromatic heterocycles. The maximum atomic E-state index is 13.0. The average Bonchev–Trinajstić information content (AvgIpc) is 3.42. The van der Waals surface area contributed by atoms with E-state index in [-0.39, 0.29) is 35.1 Å². The van der Waals surface area contributed by atoms with Crippen molar-refractivity contribution >= 4 is 34.8 Å². The molecule has 1 fully saturated rings. The molecular weight excluding hydrogens is 359 g/mol. The number of amides is 2. The summed E-state index contributed by atoms with van der Waals surface area (Å²) in [6.45, 7) is 1.57. The highest BCUT2D eigenvalue weighted by molar-refractivity contribution is 6.32. The van der Waals surface area contributed by atoms with E-state index in [0.29, 0.717) is 11.4 Å². The number of anilines is 2. The van der Waals surface area contributed by atoms with Crippen LogP contribution in [0.25, 0.3) is 0 Å². The van der Waals surface area contributed by atoms with Crippen LogP contribution in [0, 0.1) is 18.7 Å². The van der Waals surface area contributed by atoms with E-state index < -0.39 is 5.82 Å². The van der Waals surface area contributed by atoms with Gasteiger partial charge in [0.1, 0.15) is 11.6 Å². The number of carbonyl (C=O) groups excluding carboxylic acids is 2. The van der Waals surface area contributed by atoms with Crippen molar-refractivity contribution in [3.05, 3.63) is 52.8 Å². The Balaban J connectivity index is 1.60. The van der Waals surface area contributed by atoms with Crippen molar-refractivity contribution in [3.63, 3.8) is 0 Å². The number of halogens is 2. The molecule has 0 aliphatic heterocycles. The summed E-state index contributed by atoms with van der Waals surface area (Å²) in [5, 5.41) is 5.67. The Morgan fingerprint density at radius 2 is 1.96 bits per heavy atom. The number of nitrogens with one attached hydrogen (secondary N) is 2. The van der Waals surface area contributed by atoms with Crippen molar-refractivity contribution in [1.82, 2.24) is 0 Å². The molecule has 2 N–H and O–H groups in total. The lowest BCUT2D eigenvalue weighted by Crippen LogP contribution is -2.21. The molecule has 1 aliphatic carbocycles. The lowest BCUT2D eigenvalue weighted by Gasteiger charge is -2.12. The van der Waals surface area contributed by atoms with Crippen LogP contribution in [0.15, 0.2) is 36.4 Å². The molecule has 0 atom stereocenters. The first-order valence-electron chi connectivity index (χ1n) is 8.21. The second kappa shape index (κ2) is 7.74. The second-order valence-electron chi connectivity index (χ2n) is 6.20. The molecule has 0 saturated heterocycles. The fourth-order valence-electron chi connectivity index (χ4n) is 2.35. The molecule has 3 rings (SSSR count). The van der Waals surface area contributed by atoms with Gasteiger partial charge in [-0.05, 0) is 55.7 Å². The molecule has 5 nitrogen and oxygen atoms in total. The first kappa shape index (κ1) is 18.2. The van der Waals surface area contributed by atoms with Gasteiger partial charge in [-0.3, -0.25) is 9.59 Å². The minimum atomic E-state index is -0.479. The summed E-state index contributed by atoms with van der Waals surface area (Å²) in [6, 6.07) is 9.00. The largest absolute Gasteiger partial charge is 0.482 e. The summed E-state index contributed by atoms with van der Waals surface area (Å²) in [5.41, 5.74) is 2.06. The quantitative estimate of drug-likeness (QED) is 0.795. The molecule has 26 heavy (non-hydrogen) atoms. The normalized spacial score (nSPS) is 13.2. The van der Waals surface area contributed by atoms with E-state index in [2.05, 4.69) is 10.6 Å². The predicted octanol–water partition coefficient (Wildman–Crippen LogP) is 4.15. The average molecular weight is 377 g/mol. The molecule has 0 heterocycles. The fourth-order valence-corrected chi connectivity index (χ4v) is 2.57. The molecular formula is C19H18ClFN2O3. The number of aryl methyl sites for hydroxylation is 1. The topological polar surface area (TPSA) is 67.4 Å². The van der Waals surface area contributed by atoms with Crippen molar-refractivity contribution in [1.29, 1.82) is 0 Å². The summed E-state index contributed by atoms with van der Waals surface area (Å²) in [5.74, 6) is -0.541. The number of ether oxygens (including phenoxy) is 1. The van der Waals surface area contributed by atoms with Crippen molar-refractivity contribution in [3.8, 4) is 5.75 Å². The highest BCUT2D eigenvalue weighted by atomic mass is 35.5. The van der Waals surface area contributed by atoms with Gasteiger partial charge in [0.25, 0.3) is 5.91 Å². The van der Waals surface area contributed by atoms with Crippen LogP contribution in [0.4, 0.5) is 15.8 Å². The van der Waals surface area contributed by atoms with Crippen molar-refractivity contribution in [2.24, 2.45) is 5.92 Å². The third-order valence-corrected chi connectivity index (χ3v) is 4.28. The van der Waals surface area contributed by atoms with E-state index in [9.17, 15) is 14.0 Å². The number of carbonyl (C=O) groups is 2. The number of benzene rings is 2. The molecule has 2 amide bonds. The van der Waals surface area contributed by atoms with Crippen LogP contribution in [0.3, 0.4) is 0 Å². The van der Waals surface area contributed by atoms with Crippen LogP contribution in [0.2, 0.25) is 5.02 Å². The molecule has 2 aromatic carbocycles. The molecule has 136 valence electrons. The fraction of sp³-hybridized carbons (Fsp3) is 0.263. The molecule has 0 unspecified atom stereocenters. The highest BCUT2D eigenvalue weighted by Gasteiger charge is 2.29. The first-order chi connectivity index (χ1) is 12.4. The van der Waals surface area contributed by atoms with Crippen LogP contribution >= 0.6 is 11.6 Å². The Morgan fingerprint density at radius 1 is 1.19 bits per heavy atom. The Labute approximate surface area is 155 Å². The minimum absolute atomic E-state index is 0.000384. The minimum Gasteiger partial charge on any atom is -0.482 e. The SMILES string of the molecule is Cc1ccc(NC(=O)C2CC2)cc1NC(=O)COc1ccc(F)cc1Cl. The summed E-state index contributed by atoms with van der Waals surface area (Å²) in [4.78, 5) is 24.0. The Bertz CT molecular complexity index is 853. The third-order valence-electron chi connectivity index (χ3n) is 3.98. The molecule has 2 aromatic rings. The molecule has 0 bridgehead atoms. The summed E-state index contributed by atoms with van der Waals surface area (Å²) >= 11 is 5.86. The van der Waals surface area contributed by atoms with Gasteiger partial charge >= 0.3 is 0 Å². The van der Waals surface area contributed by atoms with Crippen LogP contribution in [0.1, 0.15) is 18.4 Å². The van der Waals surface area contributed by atoms with Gasteiger partial charge in [0, 0.05) is 17.3 Å². The van der Waals surface area contributed by atoms with Gasteiger partial charge < -0.3 is 15.4 Å². The Hall–Kier alpha value is -2.60. The first-order valence-corrected chi connectivity index (χ1v) is 8.59. The molecule has 0 radical (unpaired) electrons. The van der Waals surface area contributed by atoms with Crippen LogP contribution in [0.5, 0.6) is 5.75 Å². The lowest BCUT2D eigenvalue weighted by atomic mass is 10.1. The van der Waals surface area contributed by atoms with Gasteiger partial charge in [0.15, 0.2) is 6.61 Å². The molecule has 1 saturated carbocycles. The van der Waals surface area contributed by atoms with Crippen LogP contribution in [-0.2, 0) is 9.59 Å². The van der Waals surface area contributed by atoms with Gasteiger partial charge in [-0.1, -0.05) is 17.7 Å². The maximum Gasteiger partial charge on any atom is 0.262 e. The molecule has 7 heteroatoms. The van der Waals surface area contributed by atoms with Crippen molar-refractivity contribution in [2.45, 2.75) is 19.8 Å². The van der Waals surface area contributed by atoms with Crippen LogP contribution in [-0.4, -0.2) is 18.4 Å². The molecule has 1 aliphatic rings. The zero-order valence-corrected chi connectivity index (χ0v) is 14.9. The number of rotatable bonds is 6. The molecule has 0 spiro atoms. The van der Waals surface area contributed by atoms with E-state index in [1.165, 1.54) is 12.1 Å². The van der Waals surface area contributed by atoms with Crippen molar-refractivity contribution in [2.75, 3.05) is 17.2 Å². The standard InChI is InChI=1S/C19H18ClFN2O3/c1-11-2-6-14(22-19(25)12-3-4-12)9-16(11)23-18(24)10-26-17-7-5-13(21)8-15(17)20/h2,5-9,12H,3-4,10H2,1H3,(H,22,25)(H,23,24). The summed E-state index contributed by atoms with van der Waals surface area (Å²) in [7, 11) is 0. The number of hydrogen-bond acceptors (Lipinski definition) is 3.